The van der Waals surface area contributed by atoms with Crippen molar-refractivity contribution < 1.29 is 28.9 Å². The first-order chi connectivity index (χ1) is 16.0. The molecule has 0 unspecified atom stereocenters. The lowest BCUT2D eigenvalue weighted by atomic mass is 10.1. The van der Waals surface area contributed by atoms with E-state index in [1.165, 1.54) is 25.5 Å². The number of carboxylic acids is 1. The van der Waals surface area contributed by atoms with Gasteiger partial charge in [0.25, 0.3) is 5.91 Å². The first kappa shape index (κ1) is 24.1. The molecule has 3 aromatic rings. The Bertz CT molecular complexity index is 1150. The number of benzene rings is 3. The predicted molar refractivity (Wildman–Crippen MR) is 131 cm³/mol. The van der Waals surface area contributed by atoms with Gasteiger partial charge in [0, 0.05) is 5.56 Å². The summed E-state index contributed by atoms with van der Waals surface area (Å²) in [6.07, 6.45) is 1.45. The van der Waals surface area contributed by atoms with E-state index >= 15 is 0 Å². The van der Waals surface area contributed by atoms with Gasteiger partial charge in [0.05, 0.1) is 22.5 Å². The van der Waals surface area contributed by atoms with Crippen LogP contribution in [0.2, 0.25) is 0 Å². The van der Waals surface area contributed by atoms with Crippen LogP contribution in [0.25, 0.3) is 0 Å². The molecule has 170 valence electrons. The van der Waals surface area contributed by atoms with Crippen molar-refractivity contribution in [2.75, 3.05) is 13.7 Å². The average molecular weight is 560 g/mol. The van der Waals surface area contributed by atoms with Gasteiger partial charge in [-0.25, -0.2) is 10.2 Å². The molecule has 8 nitrogen and oxygen atoms in total. The summed E-state index contributed by atoms with van der Waals surface area (Å²) < 4.78 is 17.7. The zero-order valence-electron chi connectivity index (χ0n) is 17.7. The van der Waals surface area contributed by atoms with Crippen molar-refractivity contribution in [3.63, 3.8) is 0 Å². The number of hydrogen-bond donors (Lipinski definition) is 2. The number of nitrogens with one attached hydrogen (secondary N) is 1. The molecule has 2 N–H and O–H groups in total. The number of aromatic carboxylic acids is 1. The van der Waals surface area contributed by atoms with Gasteiger partial charge in [0.1, 0.15) is 12.4 Å². The Labute approximate surface area is 204 Å². The number of carbonyl (C=O) groups excluding carboxylic acids is 1. The summed E-state index contributed by atoms with van der Waals surface area (Å²) in [5, 5.41) is 13.0. The lowest BCUT2D eigenvalue weighted by Gasteiger charge is -2.13. The van der Waals surface area contributed by atoms with Crippen LogP contribution in [0.1, 0.15) is 21.5 Å². The monoisotopic (exact) mass is 560 g/mol. The second kappa shape index (κ2) is 11.9. The molecule has 0 aliphatic carbocycles. The maximum Gasteiger partial charge on any atom is 0.335 e. The molecule has 0 heterocycles. The summed E-state index contributed by atoms with van der Waals surface area (Å²) in [7, 11) is 1.52. The van der Waals surface area contributed by atoms with Crippen molar-refractivity contribution in [3.05, 3.63) is 87.0 Å². The molecule has 1 amide bonds. The Morgan fingerprint density at radius 3 is 2.42 bits per heavy atom. The molecule has 0 aliphatic rings. The van der Waals surface area contributed by atoms with Crippen molar-refractivity contribution in [1.29, 1.82) is 0 Å². The van der Waals surface area contributed by atoms with E-state index in [1.54, 1.807) is 36.4 Å². The maximum absolute atomic E-state index is 12.1. The number of carbonyl (C=O) groups is 2. The van der Waals surface area contributed by atoms with Gasteiger partial charge < -0.3 is 19.3 Å². The maximum atomic E-state index is 12.1. The summed E-state index contributed by atoms with van der Waals surface area (Å²) in [4.78, 5) is 23.1. The SMILES string of the molecule is COc1cccc(/C=N/NC(=O)COc2ccccc2I)c1OCc1ccc(C(=O)O)cc1. The van der Waals surface area contributed by atoms with Gasteiger partial charge in [0.2, 0.25) is 0 Å². The van der Waals surface area contributed by atoms with Gasteiger partial charge in [0.15, 0.2) is 18.1 Å². The molecule has 0 radical (unpaired) electrons. The highest BCUT2D eigenvalue weighted by Gasteiger charge is 2.11. The second-order valence-corrected chi connectivity index (χ2v) is 7.84. The van der Waals surface area contributed by atoms with Crippen molar-refractivity contribution in [3.8, 4) is 17.2 Å². The van der Waals surface area contributed by atoms with Crippen LogP contribution in [-0.2, 0) is 11.4 Å². The summed E-state index contributed by atoms with van der Waals surface area (Å²) in [6, 6.07) is 19.1. The standard InChI is InChI=1S/C24H21IN2O6/c1-31-21-8-4-5-18(23(21)33-14-16-9-11-17(12-10-16)24(29)30)13-26-27-22(28)15-32-20-7-3-2-6-19(20)25/h2-13H,14-15H2,1H3,(H,27,28)(H,29,30)/b26-13+. The highest BCUT2D eigenvalue weighted by molar-refractivity contribution is 14.1. The first-order valence-corrected chi connectivity index (χ1v) is 10.9. The Morgan fingerprint density at radius 1 is 1.00 bits per heavy atom. The number of para-hydroxylation sites is 2. The van der Waals surface area contributed by atoms with E-state index in [9.17, 15) is 9.59 Å². The zero-order valence-corrected chi connectivity index (χ0v) is 19.8. The minimum Gasteiger partial charge on any atom is -0.493 e. The van der Waals surface area contributed by atoms with Crippen molar-refractivity contribution in [2.24, 2.45) is 5.10 Å². The van der Waals surface area contributed by atoms with E-state index in [0.29, 0.717) is 22.8 Å². The molecule has 0 atom stereocenters. The molecule has 3 aromatic carbocycles. The van der Waals surface area contributed by atoms with E-state index in [4.69, 9.17) is 19.3 Å². The Morgan fingerprint density at radius 2 is 1.73 bits per heavy atom. The second-order valence-electron chi connectivity index (χ2n) is 6.68. The van der Waals surface area contributed by atoms with Crippen LogP contribution in [-0.4, -0.2) is 36.9 Å². The fourth-order valence-electron chi connectivity index (χ4n) is 2.76. The molecule has 0 spiro atoms. The van der Waals surface area contributed by atoms with E-state index in [-0.39, 0.29) is 18.8 Å². The number of nitrogens with zero attached hydrogens (tertiary/aromatic N) is 1. The smallest absolute Gasteiger partial charge is 0.335 e. The van der Waals surface area contributed by atoms with Crippen LogP contribution in [0.15, 0.2) is 71.8 Å². The molecule has 0 aromatic heterocycles. The topological polar surface area (TPSA) is 106 Å². The van der Waals surface area contributed by atoms with Gasteiger partial charge in [-0.1, -0.05) is 30.3 Å². The third-order valence-electron chi connectivity index (χ3n) is 4.40. The summed E-state index contributed by atoms with van der Waals surface area (Å²) in [5.74, 6) is 0.161. The number of carboxylic acid groups (broad SMARTS) is 1. The molecule has 0 saturated heterocycles. The fraction of sp³-hybridized carbons (Fsp3) is 0.125. The largest absolute Gasteiger partial charge is 0.493 e. The molecule has 9 heteroatoms. The van der Waals surface area contributed by atoms with Crippen LogP contribution in [0.4, 0.5) is 0 Å². The third kappa shape index (κ3) is 6.94. The molecule has 0 aliphatic heterocycles. The van der Waals surface area contributed by atoms with E-state index in [0.717, 1.165) is 9.13 Å². The molecular formula is C24H21IN2O6. The molecule has 3 rings (SSSR count). The average Bonchev–Trinajstić information content (AvgIpc) is 2.82. The van der Waals surface area contributed by atoms with Crippen molar-refractivity contribution >= 4 is 40.7 Å². The number of hydrazone groups is 1. The van der Waals surface area contributed by atoms with Gasteiger partial charge >= 0.3 is 5.97 Å². The Balaban J connectivity index is 1.62. The van der Waals surface area contributed by atoms with Gasteiger partial charge in [-0.3, -0.25) is 4.79 Å². The number of hydrogen-bond acceptors (Lipinski definition) is 6. The van der Waals surface area contributed by atoms with Crippen LogP contribution < -0.4 is 19.6 Å². The predicted octanol–water partition coefficient (Wildman–Crippen LogP) is 4.11. The van der Waals surface area contributed by atoms with Crippen LogP contribution >= 0.6 is 22.6 Å². The number of amides is 1. The molecule has 0 saturated carbocycles. The number of rotatable bonds is 10. The Hall–Kier alpha value is -3.60. The molecule has 0 fully saturated rings. The molecule has 33 heavy (non-hydrogen) atoms. The van der Waals surface area contributed by atoms with Gasteiger partial charge in [-0.05, 0) is 64.6 Å². The summed E-state index contributed by atoms with van der Waals surface area (Å²) in [5.41, 5.74) is 4.01. The fourth-order valence-corrected chi connectivity index (χ4v) is 3.30. The van der Waals surface area contributed by atoms with Gasteiger partial charge in [-0.15, -0.1) is 0 Å². The van der Waals surface area contributed by atoms with Gasteiger partial charge in [-0.2, -0.15) is 5.10 Å². The van der Waals surface area contributed by atoms with E-state index in [2.05, 4.69) is 33.1 Å². The highest BCUT2D eigenvalue weighted by atomic mass is 127. The molecular weight excluding hydrogens is 539 g/mol. The summed E-state index contributed by atoms with van der Waals surface area (Å²) in [6.45, 7) is 0.0161. The lowest BCUT2D eigenvalue weighted by Crippen LogP contribution is -2.24. The molecule has 0 bridgehead atoms. The van der Waals surface area contributed by atoms with Crippen LogP contribution in [0.5, 0.6) is 17.2 Å². The minimum atomic E-state index is -0.989. The number of halogens is 1. The Kier molecular flexibility index (Phi) is 8.64. The number of methoxy groups -OCH3 is 1. The summed E-state index contributed by atoms with van der Waals surface area (Å²) >= 11 is 2.13. The number of ether oxygens (including phenoxy) is 3. The van der Waals surface area contributed by atoms with E-state index in [1.807, 2.05) is 18.2 Å². The lowest BCUT2D eigenvalue weighted by molar-refractivity contribution is -0.123. The normalized spacial score (nSPS) is 10.6. The zero-order chi connectivity index (χ0) is 23.6. The van der Waals surface area contributed by atoms with Crippen molar-refractivity contribution in [1.82, 2.24) is 5.43 Å². The quantitative estimate of drug-likeness (QED) is 0.220. The highest BCUT2D eigenvalue weighted by Crippen LogP contribution is 2.31. The first-order valence-electron chi connectivity index (χ1n) is 9.79. The van der Waals surface area contributed by atoms with Crippen LogP contribution in [0, 0.1) is 3.57 Å². The third-order valence-corrected chi connectivity index (χ3v) is 5.29. The van der Waals surface area contributed by atoms with Crippen molar-refractivity contribution in [2.45, 2.75) is 6.61 Å². The minimum absolute atomic E-state index is 0.175. The van der Waals surface area contributed by atoms with E-state index < -0.39 is 11.9 Å². The van der Waals surface area contributed by atoms with Crippen LogP contribution in [0.3, 0.4) is 0 Å².